The first-order valence-electron chi connectivity index (χ1n) is 4.73. The minimum atomic E-state index is 0.743. The lowest BCUT2D eigenvalue weighted by atomic mass is 10.4. The molecule has 2 aromatic heterocycles. The molecule has 0 aliphatic carbocycles. The minimum absolute atomic E-state index is 0.743. The van der Waals surface area contributed by atoms with Gasteiger partial charge in [-0.05, 0) is 35.0 Å². The highest BCUT2D eigenvalue weighted by atomic mass is 79.9. The fourth-order valence-electron chi connectivity index (χ4n) is 1.48. The Balaban J connectivity index is 2.11. The van der Waals surface area contributed by atoms with E-state index < -0.39 is 0 Å². The van der Waals surface area contributed by atoms with E-state index in [4.69, 9.17) is 0 Å². The first kappa shape index (κ1) is 10.3. The fourth-order valence-corrected chi connectivity index (χ4v) is 1.95. The van der Waals surface area contributed by atoms with E-state index in [1.807, 2.05) is 47.9 Å². The molecule has 0 radical (unpaired) electrons. The summed E-state index contributed by atoms with van der Waals surface area (Å²) in [6.45, 7) is 2.73. The Morgan fingerprint density at radius 1 is 1.40 bits per heavy atom. The molecule has 80 valence electrons. The Morgan fingerprint density at radius 2 is 2.07 bits per heavy atom. The van der Waals surface area contributed by atoms with Crippen molar-refractivity contribution in [3.8, 4) is 0 Å². The number of hydrogen-bond acceptors (Lipinski definition) is 2. The van der Waals surface area contributed by atoms with Crippen LogP contribution in [0.3, 0.4) is 0 Å². The molecule has 0 bridgehead atoms. The van der Waals surface area contributed by atoms with E-state index in [0.29, 0.717) is 0 Å². The zero-order valence-corrected chi connectivity index (χ0v) is 10.3. The van der Waals surface area contributed by atoms with E-state index in [-0.39, 0.29) is 0 Å². The van der Waals surface area contributed by atoms with Crippen LogP contribution < -0.4 is 5.43 Å². The summed E-state index contributed by atoms with van der Waals surface area (Å²) in [4.78, 5) is 0. The maximum atomic E-state index is 4.33. The largest absolute Gasteiger partial charge is 0.320 e. The van der Waals surface area contributed by atoms with Crippen LogP contribution in [0.2, 0.25) is 0 Å². The molecule has 2 aromatic rings. The van der Waals surface area contributed by atoms with E-state index in [0.717, 1.165) is 22.4 Å². The van der Waals surface area contributed by atoms with Crippen LogP contribution in [-0.2, 0) is 13.6 Å². The van der Waals surface area contributed by atoms with Crippen LogP contribution in [0.1, 0.15) is 11.4 Å². The molecular formula is C10H13BrN4. The molecule has 0 amide bonds. The predicted octanol–water partition coefficient (Wildman–Crippen LogP) is 2.04. The first-order valence-corrected chi connectivity index (χ1v) is 5.52. The predicted molar refractivity (Wildman–Crippen MR) is 63.1 cm³/mol. The fraction of sp³-hybridized carbons (Fsp3) is 0.300. The second kappa shape index (κ2) is 4.10. The van der Waals surface area contributed by atoms with Crippen molar-refractivity contribution in [2.45, 2.75) is 13.5 Å². The molecule has 2 rings (SSSR count). The number of rotatable bonds is 3. The molecule has 0 unspecified atom stereocenters. The van der Waals surface area contributed by atoms with Crippen molar-refractivity contribution in [2.24, 2.45) is 7.05 Å². The van der Waals surface area contributed by atoms with Crippen molar-refractivity contribution in [2.75, 3.05) is 5.43 Å². The normalized spacial score (nSPS) is 10.6. The molecule has 0 fully saturated rings. The monoisotopic (exact) mass is 268 g/mol. The maximum absolute atomic E-state index is 4.33. The number of aromatic nitrogens is 3. The van der Waals surface area contributed by atoms with Crippen molar-refractivity contribution in [3.63, 3.8) is 0 Å². The van der Waals surface area contributed by atoms with Crippen LogP contribution in [0, 0.1) is 6.92 Å². The topological polar surface area (TPSA) is 34.8 Å². The van der Waals surface area contributed by atoms with Gasteiger partial charge < -0.3 is 5.43 Å². The zero-order chi connectivity index (χ0) is 10.8. The van der Waals surface area contributed by atoms with Crippen LogP contribution in [0.25, 0.3) is 0 Å². The van der Waals surface area contributed by atoms with Gasteiger partial charge in [0.2, 0.25) is 0 Å². The van der Waals surface area contributed by atoms with Gasteiger partial charge in [0.25, 0.3) is 0 Å². The van der Waals surface area contributed by atoms with Gasteiger partial charge in [0.1, 0.15) is 0 Å². The maximum Gasteiger partial charge on any atom is 0.0744 e. The van der Waals surface area contributed by atoms with E-state index >= 15 is 0 Å². The van der Waals surface area contributed by atoms with Gasteiger partial charge in [-0.1, -0.05) is 0 Å². The van der Waals surface area contributed by atoms with Gasteiger partial charge in [0, 0.05) is 19.4 Å². The van der Waals surface area contributed by atoms with Crippen LogP contribution in [0.5, 0.6) is 0 Å². The molecule has 5 heteroatoms. The van der Waals surface area contributed by atoms with Crippen molar-refractivity contribution >= 4 is 15.9 Å². The number of nitrogens with zero attached hydrogens (tertiary/aromatic N) is 3. The Labute approximate surface area is 97.0 Å². The average Bonchev–Trinajstić information content (AvgIpc) is 2.76. The number of nitrogens with one attached hydrogen (secondary N) is 1. The van der Waals surface area contributed by atoms with Crippen molar-refractivity contribution < 1.29 is 0 Å². The second-order valence-electron chi connectivity index (χ2n) is 3.39. The standard InChI is InChI=1S/C10H13BrN4/c1-8-10(11)9(14(2)13-8)7-12-15-5-3-4-6-15/h3-6,12H,7H2,1-2H3. The van der Waals surface area contributed by atoms with Gasteiger partial charge in [0.15, 0.2) is 0 Å². The molecule has 15 heavy (non-hydrogen) atoms. The number of aryl methyl sites for hydroxylation is 2. The van der Waals surface area contributed by atoms with Crippen LogP contribution in [-0.4, -0.2) is 14.5 Å². The SMILES string of the molecule is Cc1nn(C)c(CNn2cccc2)c1Br. The minimum Gasteiger partial charge on any atom is -0.320 e. The molecule has 0 spiro atoms. The van der Waals surface area contributed by atoms with Crippen LogP contribution >= 0.6 is 15.9 Å². The lowest BCUT2D eigenvalue weighted by molar-refractivity contribution is 0.692. The third-order valence-corrected chi connectivity index (χ3v) is 3.33. The lowest BCUT2D eigenvalue weighted by Gasteiger charge is -2.07. The Morgan fingerprint density at radius 3 is 2.60 bits per heavy atom. The Bertz CT molecular complexity index is 444. The summed E-state index contributed by atoms with van der Waals surface area (Å²) in [6.07, 6.45) is 3.94. The van der Waals surface area contributed by atoms with Gasteiger partial charge in [-0.2, -0.15) is 5.10 Å². The average molecular weight is 269 g/mol. The molecule has 0 aromatic carbocycles. The van der Waals surface area contributed by atoms with Gasteiger partial charge in [-0.25, -0.2) is 0 Å². The zero-order valence-electron chi connectivity index (χ0n) is 8.74. The van der Waals surface area contributed by atoms with E-state index in [1.54, 1.807) is 0 Å². The van der Waals surface area contributed by atoms with E-state index in [1.165, 1.54) is 0 Å². The van der Waals surface area contributed by atoms with E-state index in [2.05, 4.69) is 26.5 Å². The molecule has 0 aliphatic heterocycles. The number of halogens is 1. The van der Waals surface area contributed by atoms with Crippen LogP contribution in [0.4, 0.5) is 0 Å². The molecular weight excluding hydrogens is 256 g/mol. The van der Waals surface area contributed by atoms with Gasteiger partial charge in [-0.15, -0.1) is 0 Å². The summed E-state index contributed by atoms with van der Waals surface area (Å²) >= 11 is 3.53. The lowest BCUT2D eigenvalue weighted by Crippen LogP contribution is -2.14. The summed E-state index contributed by atoms with van der Waals surface area (Å²) in [7, 11) is 1.95. The second-order valence-corrected chi connectivity index (χ2v) is 4.19. The molecule has 1 N–H and O–H groups in total. The van der Waals surface area contributed by atoms with Gasteiger partial charge in [0.05, 0.1) is 22.4 Å². The third-order valence-electron chi connectivity index (χ3n) is 2.30. The summed E-state index contributed by atoms with van der Waals surface area (Å²) in [5.41, 5.74) is 5.42. The summed E-state index contributed by atoms with van der Waals surface area (Å²) in [5.74, 6) is 0. The third kappa shape index (κ3) is 2.07. The highest BCUT2D eigenvalue weighted by molar-refractivity contribution is 9.10. The first-order chi connectivity index (χ1) is 7.18. The van der Waals surface area contributed by atoms with Gasteiger partial charge in [-0.3, -0.25) is 9.36 Å². The summed E-state index contributed by atoms with van der Waals surface area (Å²) < 4.78 is 4.88. The quantitative estimate of drug-likeness (QED) is 0.925. The highest BCUT2D eigenvalue weighted by Crippen LogP contribution is 2.19. The Kier molecular flexibility index (Phi) is 2.81. The van der Waals surface area contributed by atoms with Crippen LogP contribution in [0.15, 0.2) is 29.0 Å². The molecule has 0 atom stereocenters. The Hall–Kier alpha value is -1.23. The van der Waals surface area contributed by atoms with E-state index in [9.17, 15) is 0 Å². The van der Waals surface area contributed by atoms with Gasteiger partial charge >= 0.3 is 0 Å². The summed E-state index contributed by atoms with van der Waals surface area (Å²) in [5, 5.41) is 4.33. The molecule has 0 saturated heterocycles. The number of hydrogen-bond donors (Lipinski definition) is 1. The smallest absolute Gasteiger partial charge is 0.0744 e. The van der Waals surface area contributed by atoms with Crippen molar-refractivity contribution in [1.29, 1.82) is 0 Å². The molecule has 2 heterocycles. The highest BCUT2D eigenvalue weighted by Gasteiger charge is 2.09. The molecule has 0 aliphatic rings. The molecule has 0 saturated carbocycles. The van der Waals surface area contributed by atoms with Crippen molar-refractivity contribution in [3.05, 3.63) is 40.4 Å². The molecule has 4 nitrogen and oxygen atoms in total. The van der Waals surface area contributed by atoms with Crippen molar-refractivity contribution in [1.82, 2.24) is 14.5 Å². The summed E-state index contributed by atoms with van der Waals surface area (Å²) in [6, 6.07) is 3.97.